The van der Waals surface area contributed by atoms with Gasteiger partial charge in [0.2, 0.25) is 0 Å². The molecule has 3 heterocycles. The molecule has 0 unspecified atom stereocenters. The fourth-order valence-corrected chi connectivity index (χ4v) is 4.63. The Morgan fingerprint density at radius 1 is 1.08 bits per heavy atom. The molecule has 38 heavy (non-hydrogen) atoms. The van der Waals surface area contributed by atoms with E-state index in [1.807, 2.05) is 27.1 Å². The molecule has 2 aliphatic heterocycles. The third-order valence-corrected chi connectivity index (χ3v) is 6.89. The predicted molar refractivity (Wildman–Crippen MR) is 137 cm³/mol. The number of aryl methyl sites for hydroxylation is 2. The van der Waals surface area contributed by atoms with Gasteiger partial charge in [-0.25, -0.2) is 4.39 Å². The van der Waals surface area contributed by atoms with Crippen LogP contribution in [0.2, 0.25) is 0 Å². The van der Waals surface area contributed by atoms with Crippen LogP contribution in [0.25, 0.3) is 5.70 Å². The van der Waals surface area contributed by atoms with Crippen LogP contribution in [0.1, 0.15) is 45.6 Å². The average Bonchev–Trinajstić information content (AvgIpc) is 3.62. The Bertz CT molecular complexity index is 1420. The van der Waals surface area contributed by atoms with Crippen molar-refractivity contribution in [1.82, 2.24) is 20.7 Å². The lowest BCUT2D eigenvalue weighted by atomic mass is 10.1. The van der Waals surface area contributed by atoms with Crippen molar-refractivity contribution in [1.29, 1.82) is 0 Å². The summed E-state index contributed by atoms with van der Waals surface area (Å²) in [6.45, 7) is 4.73. The van der Waals surface area contributed by atoms with Crippen LogP contribution in [0.3, 0.4) is 0 Å². The lowest BCUT2D eigenvalue weighted by Crippen LogP contribution is -2.36. The second kappa shape index (κ2) is 9.67. The van der Waals surface area contributed by atoms with Crippen LogP contribution in [0.4, 0.5) is 34.6 Å². The maximum Gasteiger partial charge on any atom is 0.419 e. The van der Waals surface area contributed by atoms with Gasteiger partial charge in [0.15, 0.2) is 5.82 Å². The molecule has 3 N–H and O–H groups in total. The van der Waals surface area contributed by atoms with Gasteiger partial charge < -0.3 is 15.6 Å². The van der Waals surface area contributed by atoms with Gasteiger partial charge in [-0.2, -0.15) is 18.3 Å². The summed E-state index contributed by atoms with van der Waals surface area (Å²) in [6, 6.07) is 6.86. The zero-order valence-electron chi connectivity index (χ0n) is 21.1. The highest BCUT2D eigenvalue weighted by atomic mass is 19.4. The summed E-state index contributed by atoms with van der Waals surface area (Å²) >= 11 is 0. The minimum absolute atomic E-state index is 0.122. The van der Waals surface area contributed by atoms with Crippen LogP contribution in [0.15, 0.2) is 42.7 Å². The normalized spacial score (nSPS) is 15.6. The predicted octanol–water partition coefficient (Wildman–Crippen LogP) is 4.88. The number of aromatic nitrogens is 2. The molecular weight excluding hydrogens is 502 g/mol. The molecule has 2 aliphatic rings. The van der Waals surface area contributed by atoms with Gasteiger partial charge in [0, 0.05) is 48.8 Å². The van der Waals surface area contributed by atoms with E-state index >= 15 is 0 Å². The summed E-state index contributed by atoms with van der Waals surface area (Å²) in [5.74, 6) is -1.94. The number of nitrogens with one attached hydrogen (secondary N) is 3. The topological polar surface area (TPSA) is 77.5 Å². The summed E-state index contributed by atoms with van der Waals surface area (Å²) in [7, 11) is 1.85. The van der Waals surface area contributed by atoms with E-state index in [9.17, 15) is 22.4 Å². The SMILES string of the molecule is Cc1ccc(C(=O)Nc2cc(N3CCCC3)c(F)c(C(F)(F)F)c2)cc1N1C=C(c2cnn(C)c2C)NN1. The molecule has 5 rings (SSSR count). The lowest BCUT2D eigenvalue weighted by molar-refractivity contribution is -0.139. The van der Waals surface area contributed by atoms with Crippen LogP contribution in [-0.2, 0) is 13.2 Å². The fraction of sp³-hybridized carbons (Fsp3) is 0.308. The number of anilines is 3. The van der Waals surface area contributed by atoms with Crippen LogP contribution in [-0.4, -0.2) is 28.8 Å². The molecule has 0 radical (unpaired) electrons. The average molecular weight is 530 g/mol. The number of hydrogen-bond donors (Lipinski definition) is 3. The highest BCUT2D eigenvalue weighted by Crippen LogP contribution is 2.39. The molecule has 8 nitrogen and oxygen atoms in total. The molecule has 0 spiro atoms. The van der Waals surface area contributed by atoms with E-state index in [0.717, 1.165) is 35.4 Å². The van der Waals surface area contributed by atoms with Gasteiger partial charge in [0.1, 0.15) is 0 Å². The van der Waals surface area contributed by atoms with Crippen molar-refractivity contribution in [2.75, 3.05) is 28.3 Å². The van der Waals surface area contributed by atoms with E-state index < -0.39 is 23.5 Å². The monoisotopic (exact) mass is 529 g/mol. The molecule has 1 saturated heterocycles. The maximum atomic E-state index is 14.8. The summed E-state index contributed by atoms with van der Waals surface area (Å²) < 4.78 is 57.4. The zero-order valence-corrected chi connectivity index (χ0v) is 21.1. The number of carbonyl (C=O) groups excluding carboxylic acids is 1. The number of nitrogens with zero attached hydrogens (tertiary/aromatic N) is 4. The van der Waals surface area contributed by atoms with Crippen molar-refractivity contribution in [3.63, 3.8) is 0 Å². The zero-order chi connectivity index (χ0) is 27.2. The standard InChI is InChI=1S/C26H27F4N7O/c1-15-6-7-17(10-22(15)37-14-21(33-34-37)19-13-31-35(3)16(19)2)25(38)32-18-11-20(26(28,29)30)24(27)23(12-18)36-8-4-5-9-36/h6-7,10-14,33-34H,4-5,8-9H2,1-3H3,(H,32,38). The number of benzene rings is 2. The van der Waals surface area contributed by atoms with E-state index in [1.54, 1.807) is 39.0 Å². The highest BCUT2D eigenvalue weighted by molar-refractivity contribution is 6.05. The Morgan fingerprint density at radius 3 is 2.47 bits per heavy atom. The first-order valence-electron chi connectivity index (χ1n) is 12.1. The summed E-state index contributed by atoms with van der Waals surface area (Å²) in [4.78, 5) is 14.7. The number of hydrogen-bond acceptors (Lipinski definition) is 6. The van der Waals surface area contributed by atoms with Gasteiger partial charge in [-0.1, -0.05) is 6.07 Å². The Labute approximate surface area is 216 Å². The van der Waals surface area contributed by atoms with Crippen LogP contribution < -0.4 is 26.2 Å². The first kappa shape index (κ1) is 25.6. The molecule has 2 aromatic carbocycles. The lowest BCUT2D eigenvalue weighted by Gasteiger charge is -2.22. The van der Waals surface area contributed by atoms with Crippen LogP contribution in [0.5, 0.6) is 0 Å². The van der Waals surface area contributed by atoms with E-state index in [0.29, 0.717) is 24.8 Å². The van der Waals surface area contributed by atoms with Gasteiger partial charge in [0.05, 0.1) is 28.8 Å². The second-order valence-corrected chi connectivity index (χ2v) is 9.42. The van der Waals surface area contributed by atoms with Crippen molar-refractivity contribution in [2.24, 2.45) is 7.05 Å². The maximum absolute atomic E-state index is 14.8. The van der Waals surface area contributed by atoms with Crippen molar-refractivity contribution in [3.8, 4) is 0 Å². The molecule has 1 fully saturated rings. The Balaban J connectivity index is 1.42. The van der Waals surface area contributed by atoms with Crippen LogP contribution >= 0.6 is 0 Å². The quantitative estimate of drug-likeness (QED) is 0.410. The smallest absolute Gasteiger partial charge is 0.369 e. The van der Waals surface area contributed by atoms with Gasteiger partial charge in [-0.15, -0.1) is 5.53 Å². The van der Waals surface area contributed by atoms with Gasteiger partial charge in [-0.3, -0.25) is 14.5 Å². The van der Waals surface area contributed by atoms with Crippen LogP contribution in [0, 0.1) is 19.7 Å². The number of carbonyl (C=O) groups is 1. The third kappa shape index (κ3) is 4.78. The molecule has 3 aromatic rings. The van der Waals surface area contributed by atoms with Crippen molar-refractivity contribution < 1.29 is 22.4 Å². The van der Waals surface area contributed by atoms with Crippen molar-refractivity contribution in [3.05, 3.63) is 76.5 Å². The molecule has 1 amide bonds. The highest BCUT2D eigenvalue weighted by Gasteiger charge is 2.37. The Hall–Kier alpha value is -4.06. The Kier molecular flexibility index (Phi) is 6.51. The first-order valence-corrected chi connectivity index (χ1v) is 12.1. The molecule has 200 valence electrons. The minimum Gasteiger partial charge on any atom is -0.369 e. The molecule has 0 aliphatic carbocycles. The number of halogens is 4. The number of rotatable bonds is 5. The summed E-state index contributed by atoms with van der Waals surface area (Å²) in [5.41, 5.74) is 8.83. The van der Waals surface area contributed by atoms with E-state index in [1.165, 1.54) is 6.07 Å². The fourth-order valence-electron chi connectivity index (χ4n) is 4.63. The van der Waals surface area contributed by atoms with Gasteiger partial charge in [0.25, 0.3) is 5.91 Å². The number of amides is 1. The van der Waals surface area contributed by atoms with Gasteiger partial charge >= 0.3 is 6.18 Å². The Morgan fingerprint density at radius 2 is 1.82 bits per heavy atom. The first-order chi connectivity index (χ1) is 18.0. The molecule has 0 saturated carbocycles. The molecule has 0 atom stereocenters. The number of alkyl halides is 3. The molecular formula is C26H27F4N7O. The van der Waals surface area contributed by atoms with Crippen molar-refractivity contribution in [2.45, 2.75) is 32.9 Å². The van der Waals surface area contributed by atoms with E-state index in [2.05, 4.69) is 21.4 Å². The summed E-state index contributed by atoms with van der Waals surface area (Å²) in [6.07, 6.45) is 0.191. The second-order valence-electron chi connectivity index (χ2n) is 9.42. The largest absolute Gasteiger partial charge is 0.419 e. The minimum atomic E-state index is -4.90. The number of hydrazine groups is 2. The third-order valence-electron chi connectivity index (χ3n) is 6.89. The molecule has 0 bridgehead atoms. The van der Waals surface area contributed by atoms with E-state index in [4.69, 9.17) is 0 Å². The van der Waals surface area contributed by atoms with E-state index in [-0.39, 0.29) is 16.9 Å². The van der Waals surface area contributed by atoms with Gasteiger partial charge in [-0.05, 0) is 56.5 Å². The molecule has 12 heteroatoms. The van der Waals surface area contributed by atoms with Crippen molar-refractivity contribution >= 4 is 28.7 Å². The summed E-state index contributed by atoms with van der Waals surface area (Å²) in [5, 5.41) is 8.49. The molecule has 1 aromatic heterocycles.